The summed E-state index contributed by atoms with van der Waals surface area (Å²) in [5.74, 6) is -1.61. The number of esters is 1. The first-order valence-electron chi connectivity index (χ1n) is 11.5. The van der Waals surface area contributed by atoms with E-state index < -0.39 is 41.7 Å². The van der Waals surface area contributed by atoms with E-state index in [4.69, 9.17) is 26.8 Å². The van der Waals surface area contributed by atoms with Gasteiger partial charge in [0, 0.05) is 18.4 Å². The third kappa shape index (κ3) is 5.82. The Kier molecular flexibility index (Phi) is 7.90. The molecule has 192 valence electrons. The first-order valence-corrected chi connectivity index (χ1v) is 11.9. The van der Waals surface area contributed by atoms with Crippen molar-refractivity contribution in [3.8, 4) is 0 Å². The Balaban J connectivity index is 1.65. The van der Waals surface area contributed by atoms with Crippen molar-refractivity contribution in [3.63, 3.8) is 0 Å². The summed E-state index contributed by atoms with van der Waals surface area (Å²) >= 11 is 6.02. The van der Waals surface area contributed by atoms with E-state index in [-0.39, 0.29) is 29.3 Å². The summed E-state index contributed by atoms with van der Waals surface area (Å²) in [6.07, 6.45) is 0.463. The lowest BCUT2D eigenvalue weighted by Crippen LogP contribution is -2.46. The van der Waals surface area contributed by atoms with E-state index in [0.717, 1.165) is 0 Å². The highest BCUT2D eigenvalue weighted by atomic mass is 35.5. The maximum Gasteiger partial charge on any atom is 0.310 e. The molecule has 1 aliphatic rings. The number of nitrogens with zero attached hydrogens (tertiary/aromatic N) is 1. The van der Waals surface area contributed by atoms with Crippen molar-refractivity contribution in [2.24, 2.45) is 0 Å². The number of hydrogen-bond donors (Lipinski definition) is 3. The van der Waals surface area contributed by atoms with Crippen LogP contribution in [0.5, 0.6) is 0 Å². The number of benzene rings is 2. The Labute approximate surface area is 217 Å². The van der Waals surface area contributed by atoms with Crippen molar-refractivity contribution in [1.82, 2.24) is 9.88 Å². The molecule has 1 fully saturated rings. The Morgan fingerprint density at radius 1 is 1.16 bits per heavy atom. The second-order valence-electron chi connectivity index (χ2n) is 8.27. The molecule has 0 bridgehead atoms. The molecule has 4 rings (SSSR count). The Bertz CT molecular complexity index is 1380. The number of pyridine rings is 1. The molecular formula is C26H25ClN4O6. The van der Waals surface area contributed by atoms with Crippen molar-refractivity contribution < 1.29 is 23.9 Å². The molecule has 0 spiro atoms. The SMILES string of the molecule is CCOC1OC(=O)C[C@@H]1NC(=O)C(c1ccccc1)n1cccc(NC(=O)c2ccc(N)c(Cl)c2)c1=O. The first kappa shape index (κ1) is 25.9. The van der Waals surface area contributed by atoms with Gasteiger partial charge in [-0.05, 0) is 42.8 Å². The monoisotopic (exact) mass is 524 g/mol. The van der Waals surface area contributed by atoms with Crippen LogP contribution in [0, 0.1) is 0 Å². The lowest BCUT2D eigenvalue weighted by Gasteiger charge is -2.24. The molecular weight excluding hydrogens is 500 g/mol. The van der Waals surface area contributed by atoms with Gasteiger partial charge in [0.15, 0.2) is 0 Å². The molecule has 0 radical (unpaired) electrons. The average molecular weight is 525 g/mol. The van der Waals surface area contributed by atoms with Gasteiger partial charge in [0.2, 0.25) is 12.2 Å². The third-order valence-electron chi connectivity index (χ3n) is 5.75. The number of nitrogens with two attached hydrogens (primary N) is 1. The Hall–Kier alpha value is -4.15. The maximum atomic E-state index is 13.5. The molecule has 2 aromatic carbocycles. The van der Waals surface area contributed by atoms with E-state index in [2.05, 4.69) is 10.6 Å². The third-order valence-corrected chi connectivity index (χ3v) is 6.08. The molecule has 2 heterocycles. The molecule has 2 unspecified atom stereocenters. The molecule has 37 heavy (non-hydrogen) atoms. The van der Waals surface area contributed by atoms with Crippen LogP contribution in [-0.4, -0.2) is 41.3 Å². The van der Waals surface area contributed by atoms with Crippen LogP contribution >= 0.6 is 11.6 Å². The van der Waals surface area contributed by atoms with E-state index in [0.29, 0.717) is 11.3 Å². The predicted octanol–water partition coefficient (Wildman–Crippen LogP) is 2.72. The van der Waals surface area contributed by atoms with Crippen LogP contribution in [0.1, 0.15) is 35.3 Å². The van der Waals surface area contributed by atoms with Gasteiger partial charge in [0.1, 0.15) is 17.8 Å². The summed E-state index contributed by atoms with van der Waals surface area (Å²) in [5, 5.41) is 5.56. The number of nitrogens with one attached hydrogen (secondary N) is 2. The number of anilines is 2. The molecule has 0 aliphatic carbocycles. The molecule has 10 nitrogen and oxygen atoms in total. The summed E-state index contributed by atoms with van der Waals surface area (Å²) in [6.45, 7) is 2.03. The molecule has 3 atom stereocenters. The highest BCUT2D eigenvalue weighted by Crippen LogP contribution is 2.23. The van der Waals surface area contributed by atoms with Crippen LogP contribution in [0.2, 0.25) is 5.02 Å². The zero-order valence-electron chi connectivity index (χ0n) is 19.8. The van der Waals surface area contributed by atoms with Crippen LogP contribution in [0.3, 0.4) is 0 Å². The van der Waals surface area contributed by atoms with Crippen LogP contribution in [-0.2, 0) is 19.1 Å². The number of rotatable bonds is 8. The van der Waals surface area contributed by atoms with Crippen LogP contribution in [0.4, 0.5) is 11.4 Å². The number of cyclic esters (lactones) is 1. The largest absolute Gasteiger partial charge is 0.433 e. The fourth-order valence-electron chi connectivity index (χ4n) is 3.98. The number of carbonyl (C=O) groups is 3. The lowest BCUT2D eigenvalue weighted by atomic mass is 10.0. The average Bonchev–Trinajstić information content (AvgIpc) is 3.22. The van der Waals surface area contributed by atoms with Crippen molar-refractivity contribution in [2.75, 3.05) is 17.7 Å². The number of halogens is 1. The van der Waals surface area contributed by atoms with Crippen molar-refractivity contribution >= 4 is 40.8 Å². The molecule has 0 saturated carbocycles. The zero-order chi connectivity index (χ0) is 26.5. The predicted molar refractivity (Wildman–Crippen MR) is 137 cm³/mol. The Morgan fingerprint density at radius 2 is 1.92 bits per heavy atom. The second-order valence-corrected chi connectivity index (χ2v) is 8.68. The van der Waals surface area contributed by atoms with Gasteiger partial charge in [0.05, 0.1) is 17.1 Å². The molecule has 11 heteroatoms. The minimum Gasteiger partial charge on any atom is -0.433 e. The molecule has 1 saturated heterocycles. The smallest absolute Gasteiger partial charge is 0.310 e. The second kappa shape index (κ2) is 11.3. The van der Waals surface area contributed by atoms with Crippen LogP contribution in [0.25, 0.3) is 0 Å². The summed E-state index contributed by atoms with van der Waals surface area (Å²) in [7, 11) is 0. The quantitative estimate of drug-likeness (QED) is 0.304. The van der Waals surface area contributed by atoms with Gasteiger partial charge < -0.3 is 25.8 Å². The van der Waals surface area contributed by atoms with Crippen molar-refractivity contribution in [2.45, 2.75) is 31.7 Å². The summed E-state index contributed by atoms with van der Waals surface area (Å²) < 4.78 is 11.8. The van der Waals surface area contributed by atoms with E-state index in [9.17, 15) is 19.2 Å². The topological polar surface area (TPSA) is 142 Å². The highest BCUT2D eigenvalue weighted by molar-refractivity contribution is 6.33. The van der Waals surface area contributed by atoms with E-state index in [1.165, 1.54) is 35.0 Å². The molecule has 2 amide bonds. The number of ether oxygens (including phenoxy) is 2. The lowest BCUT2D eigenvalue weighted by molar-refractivity contribution is -0.164. The van der Waals surface area contributed by atoms with Crippen LogP contribution in [0.15, 0.2) is 71.7 Å². The number of nitrogen functional groups attached to an aromatic ring is 1. The highest BCUT2D eigenvalue weighted by Gasteiger charge is 2.38. The molecule has 1 aliphatic heterocycles. The summed E-state index contributed by atoms with van der Waals surface area (Å²) in [5.41, 5.74) is 6.10. The first-order chi connectivity index (χ1) is 17.8. The van der Waals surface area contributed by atoms with Crippen LogP contribution < -0.4 is 21.9 Å². The van der Waals surface area contributed by atoms with Gasteiger partial charge in [-0.1, -0.05) is 41.9 Å². The number of carbonyl (C=O) groups excluding carboxylic acids is 3. The van der Waals surface area contributed by atoms with Gasteiger partial charge in [-0.25, -0.2) is 0 Å². The minimum absolute atomic E-state index is 0.0410. The number of amides is 2. The van der Waals surface area contributed by atoms with Crippen molar-refractivity contribution in [3.05, 3.63) is 93.4 Å². The van der Waals surface area contributed by atoms with Gasteiger partial charge in [0.25, 0.3) is 11.5 Å². The van der Waals surface area contributed by atoms with Gasteiger partial charge in [-0.15, -0.1) is 0 Å². The number of hydrogen-bond acceptors (Lipinski definition) is 7. The standard InChI is InChI=1S/C26H25ClN4O6/c1-2-36-26-20(14-21(32)37-26)30-24(34)22(15-7-4-3-5-8-15)31-12-6-9-19(25(31)35)29-23(33)16-10-11-18(28)17(27)13-16/h3-13,20,22,26H,2,14,28H2,1H3,(H,29,33)(H,30,34)/t20-,22?,26?/m0/s1. The van der Waals surface area contributed by atoms with Gasteiger partial charge in [-0.3, -0.25) is 23.7 Å². The Morgan fingerprint density at radius 3 is 2.62 bits per heavy atom. The molecule has 3 aromatic rings. The fraction of sp³-hybridized carbons (Fsp3) is 0.231. The number of aromatic nitrogens is 1. The van der Waals surface area contributed by atoms with E-state index in [1.807, 2.05) is 0 Å². The molecule has 4 N–H and O–H groups in total. The maximum absolute atomic E-state index is 13.5. The van der Waals surface area contributed by atoms with Gasteiger partial charge >= 0.3 is 5.97 Å². The fourth-order valence-corrected chi connectivity index (χ4v) is 4.16. The zero-order valence-corrected chi connectivity index (χ0v) is 20.6. The van der Waals surface area contributed by atoms with Gasteiger partial charge in [-0.2, -0.15) is 0 Å². The normalized spacial score (nSPS) is 17.6. The minimum atomic E-state index is -1.10. The van der Waals surface area contributed by atoms with Crippen molar-refractivity contribution in [1.29, 1.82) is 0 Å². The van der Waals surface area contributed by atoms with E-state index in [1.54, 1.807) is 43.3 Å². The summed E-state index contributed by atoms with van der Waals surface area (Å²) in [4.78, 5) is 51.6. The summed E-state index contributed by atoms with van der Waals surface area (Å²) in [6, 6.07) is 14.2. The van der Waals surface area contributed by atoms with E-state index >= 15 is 0 Å². The molecule has 1 aromatic heterocycles.